The first kappa shape index (κ1) is 33.0. The minimum Gasteiger partial charge on any atom is -0.497 e. The molecule has 1 N–H and O–H groups in total. The fourth-order valence-electron chi connectivity index (χ4n) is 6.17. The van der Waals surface area contributed by atoms with E-state index < -0.39 is 0 Å². The van der Waals surface area contributed by atoms with Crippen LogP contribution in [0.2, 0.25) is 0 Å². The van der Waals surface area contributed by atoms with Crippen LogP contribution < -0.4 is 10.1 Å². The van der Waals surface area contributed by atoms with Gasteiger partial charge in [0.25, 0.3) is 0 Å². The van der Waals surface area contributed by atoms with Gasteiger partial charge < -0.3 is 10.1 Å². The third-order valence-electron chi connectivity index (χ3n) is 8.51. The Morgan fingerprint density at radius 1 is 0.635 bits per heavy atom. The molecule has 0 aliphatic heterocycles. The predicted octanol–water partition coefficient (Wildman–Crippen LogP) is 9.10. The van der Waals surface area contributed by atoms with Crippen molar-refractivity contribution in [2.24, 2.45) is 0 Å². The minimum atomic E-state index is -0.127. The molecule has 0 bridgehead atoms. The number of nitriles is 2. The molecule has 0 atom stereocenters. The first-order chi connectivity index (χ1) is 25.4. The van der Waals surface area contributed by atoms with E-state index in [1.807, 2.05) is 132 Å². The Morgan fingerprint density at radius 2 is 1.15 bits per heavy atom. The zero-order chi connectivity index (χ0) is 36.0. The number of hydrogen-bond acceptors (Lipinski definition) is 6. The van der Waals surface area contributed by atoms with Crippen LogP contribution in [0, 0.1) is 22.7 Å². The Bertz CT molecular complexity index is 2630. The van der Waals surface area contributed by atoms with E-state index in [4.69, 9.17) is 4.74 Å². The number of carbonyl (C=O) groups excluding carboxylic acids is 1. The lowest BCUT2D eigenvalue weighted by molar-refractivity contribution is -0.114. The molecule has 250 valence electrons. The number of anilines is 1. The number of carbonyl (C=O) groups is 1. The molecule has 2 heterocycles. The Hall–Kier alpha value is -7.49. The zero-order valence-corrected chi connectivity index (χ0v) is 28.4. The smallest absolute Gasteiger partial charge is 0.221 e. The van der Waals surface area contributed by atoms with Crippen LogP contribution in [0.5, 0.6) is 5.75 Å². The number of hydrogen-bond donors (Lipinski definition) is 1. The lowest BCUT2D eigenvalue weighted by atomic mass is 10.0. The summed E-state index contributed by atoms with van der Waals surface area (Å²) < 4.78 is 9.31. The standard InChI is InChI=1S/C22H16N4O.C21H15N3O/c1-15(27)25-18-7-5-6-17(12-18)20-10-16(13-23)11-21-22(20)26(14-24-21)19-8-3-2-4-9-19;1-25-18-9-7-16(8-10-18)19-11-15(13-22)12-20-21(19)24(14-23-20)17-5-3-2-4-6-17/h2-12,14H,1H3,(H,25,27);2-12,14H,1H3. The van der Waals surface area contributed by atoms with Crippen molar-refractivity contribution < 1.29 is 9.53 Å². The molecule has 52 heavy (non-hydrogen) atoms. The van der Waals surface area contributed by atoms with Gasteiger partial charge in [0.15, 0.2) is 0 Å². The van der Waals surface area contributed by atoms with E-state index in [0.29, 0.717) is 16.8 Å². The number of rotatable bonds is 6. The van der Waals surface area contributed by atoms with Crippen molar-refractivity contribution in [3.8, 4) is 51.5 Å². The Kier molecular flexibility index (Phi) is 9.24. The average Bonchev–Trinajstić information content (AvgIpc) is 3.83. The van der Waals surface area contributed by atoms with Gasteiger partial charge in [-0.25, -0.2) is 9.97 Å². The first-order valence-corrected chi connectivity index (χ1v) is 16.4. The lowest BCUT2D eigenvalue weighted by Crippen LogP contribution is -2.05. The van der Waals surface area contributed by atoms with Crippen LogP contribution >= 0.6 is 0 Å². The normalized spacial score (nSPS) is 10.5. The molecule has 0 fully saturated rings. The molecule has 0 saturated heterocycles. The van der Waals surface area contributed by atoms with Crippen molar-refractivity contribution in [3.05, 3.63) is 157 Å². The maximum atomic E-state index is 11.4. The number of para-hydroxylation sites is 2. The van der Waals surface area contributed by atoms with E-state index in [1.54, 1.807) is 25.8 Å². The van der Waals surface area contributed by atoms with Crippen molar-refractivity contribution >= 4 is 33.7 Å². The number of nitrogens with zero attached hydrogens (tertiary/aromatic N) is 6. The Balaban J connectivity index is 0.000000162. The Morgan fingerprint density at radius 3 is 1.63 bits per heavy atom. The third kappa shape index (κ3) is 6.71. The van der Waals surface area contributed by atoms with Gasteiger partial charge in [-0.1, -0.05) is 60.7 Å². The second-order valence-electron chi connectivity index (χ2n) is 11.9. The van der Waals surface area contributed by atoms with Gasteiger partial charge in [0, 0.05) is 35.1 Å². The van der Waals surface area contributed by atoms with E-state index in [-0.39, 0.29) is 5.91 Å². The summed E-state index contributed by atoms with van der Waals surface area (Å²) >= 11 is 0. The summed E-state index contributed by atoms with van der Waals surface area (Å²) in [6, 6.07) is 47.2. The predicted molar refractivity (Wildman–Crippen MR) is 203 cm³/mol. The molecule has 0 radical (unpaired) electrons. The molecule has 9 nitrogen and oxygen atoms in total. The maximum absolute atomic E-state index is 11.4. The average molecular weight is 678 g/mol. The fraction of sp³-hybridized carbons (Fsp3) is 0.0465. The minimum absolute atomic E-state index is 0.127. The summed E-state index contributed by atoms with van der Waals surface area (Å²) in [7, 11) is 1.65. The molecule has 6 aromatic carbocycles. The van der Waals surface area contributed by atoms with Crippen molar-refractivity contribution in [2.45, 2.75) is 6.92 Å². The molecule has 9 heteroatoms. The summed E-state index contributed by atoms with van der Waals surface area (Å²) in [5.41, 5.74) is 11.1. The fourth-order valence-corrected chi connectivity index (χ4v) is 6.17. The van der Waals surface area contributed by atoms with E-state index in [9.17, 15) is 15.3 Å². The summed E-state index contributed by atoms with van der Waals surface area (Å²) in [6.07, 6.45) is 3.57. The third-order valence-corrected chi connectivity index (χ3v) is 8.51. The summed E-state index contributed by atoms with van der Waals surface area (Å²) in [5, 5.41) is 21.6. The van der Waals surface area contributed by atoms with Crippen LogP contribution in [-0.2, 0) is 4.79 Å². The van der Waals surface area contributed by atoms with Gasteiger partial charge in [-0.3, -0.25) is 13.9 Å². The van der Waals surface area contributed by atoms with Crippen molar-refractivity contribution in [1.82, 2.24) is 19.1 Å². The highest BCUT2D eigenvalue weighted by Gasteiger charge is 2.15. The maximum Gasteiger partial charge on any atom is 0.221 e. The van der Waals surface area contributed by atoms with E-state index >= 15 is 0 Å². The van der Waals surface area contributed by atoms with E-state index in [0.717, 1.165) is 61.4 Å². The number of ether oxygens (including phenoxy) is 1. The zero-order valence-electron chi connectivity index (χ0n) is 28.4. The number of imidazole rings is 2. The van der Waals surface area contributed by atoms with Crippen LogP contribution in [0.25, 0.3) is 55.7 Å². The topological polar surface area (TPSA) is 122 Å². The highest BCUT2D eigenvalue weighted by molar-refractivity contribution is 5.97. The monoisotopic (exact) mass is 677 g/mol. The molecular formula is C43H31N7O2. The van der Waals surface area contributed by atoms with Gasteiger partial charge in [-0.2, -0.15) is 10.5 Å². The van der Waals surface area contributed by atoms with Gasteiger partial charge >= 0.3 is 0 Å². The van der Waals surface area contributed by atoms with E-state index in [2.05, 4.69) is 32.0 Å². The van der Waals surface area contributed by atoms with Crippen molar-refractivity contribution in [1.29, 1.82) is 10.5 Å². The number of benzene rings is 6. The number of methoxy groups -OCH3 is 1. The van der Waals surface area contributed by atoms with Gasteiger partial charge in [-0.05, 0) is 83.9 Å². The quantitative estimate of drug-likeness (QED) is 0.187. The highest BCUT2D eigenvalue weighted by atomic mass is 16.5. The lowest BCUT2D eigenvalue weighted by Gasteiger charge is -2.11. The number of fused-ring (bicyclic) bond motifs is 2. The van der Waals surface area contributed by atoms with Crippen molar-refractivity contribution in [3.63, 3.8) is 0 Å². The molecule has 0 spiro atoms. The summed E-state index contributed by atoms with van der Waals surface area (Å²) in [5.74, 6) is 0.672. The molecule has 0 unspecified atom stereocenters. The molecule has 1 amide bonds. The molecule has 0 saturated carbocycles. The van der Waals surface area contributed by atoms with Gasteiger partial charge in [-0.15, -0.1) is 0 Å². The van der Waals surface area contributed by atoms with Crippen LogP contribution in [0.1, 0.15) is 18.1 Å². The Labute approximate surface area is 300 Å². The molecule has 0 aliphatic rings. The molecule has 2 aromatic heterocycles. The van der Waals surface area contributed by atoms with Gasteiger partial charge in [0.1, 0.15) is 18.4 Å². The first-order valence-electron chi connectivity index (χ1n) is 16.4. The SMILES string of the molecule is CC(=O)Nc1cccc(-c2cc(C#N)cc3ncn(-c4ccccc4)c23)c1.COc1ccc(-c2cc(C#N)cc3ncn(-c4ccccc4)c23)cc1. The van der Waals surface area contributed by atoms with Crippen molar-refractivity contribution in [2.75, 3.05) is 12.4 Å². The van der Waals surface area contributed by atoms with Crippen LogP contribution in [0.15, 0.2) is 146 Å². The molecule has 0 aliphatic carbocycles. The van der Waals surface area contributed by atoms with Crippen LogP contribution in [0.4, 0.5) is 5.69 Å². The van der Waals surface area contributed by atoms with Gasteiger partial charge in [0.2, 0.25) is 5.91 Å². The summed E-state index contributed by atoms with van der Waals surface area (Å²) in [6.45, 7) is 1.48. The molecule has 8 rings (SSSR count). The van der Waals surface area contributed by atoms with Crippen LogP contribution in [-0.4, -0.2) is 32.1 Å². The second kappa shape index (κ2) is 14.6. The van der Waals surface area contributed by atoms with Gasteiger partial charge in [0.05, 0.1) is 52.4 Å². The highest BCUT2D eigenvalue weighted by Crippen LogP contribution is 2.34. The molecule has 8 aromatic rings. The number of nitrogens with one attached hydrogen (secondary N) is 1. The molecular weight excluding hydrogens is 647 g/mol. The number of amides is 1. The largest absolute Gasteiger partial charge is 0.497 e. The number of aromatic nitrogens is 4. The summed E-state index contributed by atoms with van der Waals surface area (Å²) in [4.78, 5) is 20.4. The second-order valence-corrected chi connectivity index (χ2v) is 11.9. The van der Waals surface area contributed by atoms with Crippen LogP contribution in [0.3, 0.4) is 0 Å². The van der Waals surface area contributed by atoms with E-state index in [1.165, 1.54) is 6.92 Å².